The lowest BCUT2D eigenvalue weighted by atomic mass is 10.1. The van der Waals surface area contributed by atoms with E-state index in [1.54, 1.807) is 13.8 Å². The fourth-order valence-corrected chi connectivity index (χ4v) is 2.36. The number of carbonyl (C=O) groups is 3. The smallest absolute Gasteiger partial charge is 0.387 e. The van der Waals surface area contributed by atoms with E-state index in [9.17, 15) is 23.2 Å². The fraction of sp³-hybridized carbons (Fsp3) is 0.250. The van der Waals surface area contributed by atoms with Gasteiger partial charge in [-0.1, -0.05) is 0 Å². The zero-order valence-corrected chi connectivity index (χ0v) is 15.7. The van der Waals surface area contributed by atoms with Crippen molar-refractivity contribution in [1.29, 1.82) is 0 Å². The van der Waals surface area contributed by atoms with Crippen LogP contribution in [-0.4, -0.2) is 37.7 Å². The summed E-state index contributed by atoms with van der Waals surface area (Å²) < 4.78 is 38.5. The van der Waals surface area contributed by atoms with Gasteiger partial charge in [-0.15, -0.1) is 0 Å². The van der Waals surface area contributed by atoms with Gasteiger partial charge in [-0.25, -0.2) is 9.59 Å². The fourth-order valence-electron chi connectivity index (χ4n) is 2.36. The van der Waals surface area contributed by atoms with Gasteiger partial charge >= 0.3 is 18.6 Å². The van der Waals surface area contributed by atoms with Gasteiger partial charge in [0.15, 0.2) is 0 Å². The van der Waals surface area contributed by atoms with Crippen molar-refractivity contribution in [3.8, 4) is 5.75 Å². The second-order valence-corrected chi connectivity index (χ2v) is 5.60. The zero-order chi connectivity index (χ0) is 21.4. The molecule has 2 aromatic rings. The average Bonchev–Trinajstić information content (AvgIpc) is 2.68. The minimum absolute atomic E-state index is 0.0633. The summed E-state index contributed by atoms with van der Waals surface area (Å²) in [5, 5.41) is 2.55. The van der Waals surface area contributed by atoms with E-state index in [1.807, 2.05) is 0 Å². The number of hydrogen-bond acceptors (Lipinski definition) is 6. The molecule has 0 atom stereocenters. The summed E-state index contributed by atoms with van der Waals surface area (Å²) in [6, 6.07) is 9.06. The van der Waals surface area contributed by atoms with Crippen LogP contribution in [0.4, 0.5) is 14.5 Å². The molecule has 0 aliphatic rings. The Hall–Kier alpha value is -3.49. The maximum atomic E-state index is 12.4. The van der Waals surface area contributed by atoms with E-state index < -0.39 is 24.5 Å². The molecule has 0 unspecified atom stereocenters. The average molecular weight is 407 g/mol. The van der Waals surface area contributed by atoms with Gasteiger partial charge in [-0.3, -0.25) is 4.79 Å². The number of esters is 2. The molecule has 0 aliphatic heterocycles. The largest absolute Gasteiger partial charge is 0.462 e. The standard InChI is InChI=1S/C20H19F2NO6/c1-3-27-18(25)13-9-14(19(26)28-4-2)11-15(10-13)23-17(24)12-5-7-16(8-6-12)29-20(21)22/h5-11,20H,3-4H2,1-2H3,(H,23,24). The summed E-state index contributed by atoms with van der Waals surface area (Å²) in [5.74, 6) is -2.00. The third-order valence-electron chi connectivity index (χ3n) is 3.55. The predicted octanol–water partition coefficient (Wildman–Crippen LogP) is 3.89. The van der Waals surface area contributed by atoms with E-state index in [0.29, 0.717) is 0 Å². The Morgan fingerprint density at radius 1 is 0.862 bits per heavy atom. The Balaban J connectivity index is 2.26. The highest BCUT2D eigenvalue weighted by molar-refractivity contribution is 6.06. The van der Waals surface area contributed by atoms with Gasteiger partial charge in [0.1, 0.15) is 5.75 Å². The molecule has 0 bridgehead atoms. The second kappa shape index (κ2) is 10.2. The van der Waals surface area contributed by atoms with Crippen molar-refractivity contribution < 1.29 is 37.4 Å². The number of ether oxygens (including phenoxy) is 3. The summed E-state index contributed by atoms with van der Waals surface area (Å²) in [6.45, 7) is 0.574. The van der Waals surface area contributed by atoms with Crippen LogP contribution in [0.5, 0.6) is 5.75 Å². The minimum Gasteiger partial charge on any atom is -0.462 e. The molecule has 0 aromatic heterocycles. The van der Waals surface area contributed by atoms with Crippen molar-refractivity contribution in [1.82, 2.24) is 0 Å². The summed E-state index contributed by atoms with van der Waals surface area (Å²) in [4.78, 5) is 36.5. The summed E-state index contributed by atoms with van der Waals surface area (Å²) in [7, 11) is 0. The van der Waals surface area contributed by atoms with Gasteiger partial charge in [0.25, 0.3) is 5.91 Å². The maximum absolute atomic E-state index is 12.4. The third kappa shape index (κ3) is 6.27. The van der Waals surface area contributed by atoms with Gasteiger partial charge < -0.3 is 19.5 Å². The molecular weight excluding hydrogens is 388 g/mol. The van der Waals surface area contributed by atoms with Crippen LogP contribution in [0.25, 0.3) is 0 Å². The van der Waals surface area contributed by atoms with E-state index in [0.717, 1.165) is 0 Å². The number of benzene rings is 2. The van der Waals surface area contributed by atoms with Gasteiger partial charge in [0.05, 0.1) is 24.3 Å². The summed E-state index contributed by atoms with van der Waals surface area (Å²) in [6.07, 6.45) is 0. The maximum Gasteiger partial charge on any atom is 0.387 e. The van der Waals surface area contributed by atoms with Crippen LogP contribution in [-0.2, 0) is 9.47 Å². The highest BCUT2D eigenvalue weighted by Gasteiger charge is 2.16. The third-order valence-corrected chi connectivity index (χ3v) is 3.55. The van der Waals surface area contributed by atoms with Gasteiger partial charge in [0.2, 0.25) is 0 Å². The van der Waals surface area contributed by atoms with Crippen LogP contribution >= 0.6 is 0 Å². The first-order valence-electron chi connectivity index (χ1n) is 8.69. The van der Waals surface area contributed by atoms with E-state index in [4.69, 9.17) is 9.47 Å². The first kappa shape index (κ1) is 21.8. The molecule has 0 radical (unpaired) electrons. The van der Waals surface area contributed by atoms with E-state index in [-0.39, 0.29) is 41.3 Å². The molecule has 0 saturated heterocycles. The van der Waals surface area contributed by atoms with E-state index in [1.165, 1.54) is 42.5 Å². The van der Waals surface area contributed by atoms with Crippen molar-refractivity contribution >= 4 is 23.5 Å². The predicted molar refractivity (Wildman–Crippen MR) is 99.4 cm³/mol. The number of alkyl halides is 2. The highest BCUT2D eigenvalue weighted by atomic mass is 19.3. The van der Waals surface area contributed by atoms with Crippen molar-refractivity contribution in [2.75, 3.05) is 18.5 Å². The Kier molecular flexibility index (Phi) is 7.64. The number of amides is 1. The molecule has 154 valence electrons. The molecule has 0 spiro atoms. The topological polar surface area (TPSA) is 90.9 Å². The SMILES string of the molecule is CCOC(=O)c1cc(NC(=O)c2ccc(OC(F)F)cc2)cc(C(=O)OCC)c1. The molecule has 0 fully saturated rings. The van der Waals surface area contributed by atoms with Gasteiger partial charge in [-0.2, -0.15) is 8.78 Å². The highest BCUT2D eigenvalue weighted by Crippen LogP contribution is 2.20. The molecule has 2 rings (SSSR count). The van der Waals surface area contributed by atoms with Gasteiger partial charge in [0, 0.05) is 11.3 Å². The van der Waals surface area contributed by atoms with E-state index in [2.05, 4.69) is 10.1 Å². The molecule has 0 saturated carbocycles. The lowest BCUT2D eigenvalue weighted by molar-refractivity contribution is -0.0498. The molecule has 2 aromatic carbocycles. The normalized spacial score (nSPS) is 10.4. The number of carbonyl (C=O) groups excluding carboxylic acids is 3. The zero-order valence-electron chi connectivity index (χ0n) is 15.7. The van der Waals surface area contributed by atoms with Crippen LogP contribution in [0, 0.1) is 0 Å². The van der Waals surface area contributed by atoms with E-state index >= 15 is 0 Å². The number of nitrogens with one attached hydrogen (secondary N) is 1. The van der Waals surface area contributed by atoms with Gasteiger partial charge in [-0.05, 0) is 56.3 Å². The molecule has 0 aliphatic carbocycles. The van der Waals surface area contributed by atoms with Crippen molar-refractivity contribution in [2.45, 2.75) is 20.5 Å². The molecule has 7 nitrogen and oxygen atoms in total. The Bertz CT molecular complexity index is 847. The van der Waals surface area contributed by atoms with Crippen LogP contribution in [0.3, 0.4) is 0 Å². The van der Waals surface area contributed by atoms with Crippen LogP contribution < -0.4 is 10.1 Å². The molecular formula is C20H19F2NO6. The Morgan fingerprint density at radius 2 is 1.38 bits per heavy atom. The number of hydrogen-bond donors (Lipinski definition) is 1. The molecule has 0 heterocycles. The second-order valence-electron chi connectivity index (χ2n) is 5.60. The summed E-state index contributed by atoms with van der Waals surface area (Å²) >= 11 is 0. The Morgan fingerprint density at radius 3 is 1.83 bits per heavy atom. The number of anilines is 1. The monoisotopic (exact) mass is 407 g/mol. The van der Waals surface area contributed by atoms with Crippen LogP contribution in [0.15, 0.2) is 42.5 Å². The lowest BCUT2D eigenvalue weighted by Crippen LogP contribution is -2.15. The molecule has 1 amide bonds. The molecule has 9 heteroatoms. The summed E-state index contributed by atoms with van der Waals surface area (Å²) in [5.41, 5.74) is 0.448. The number of rotatable bonds is 8. The number of halogens is 2. The lowest BCUT2D eigenvalue weighted by Gasteiger charge is -2.11. The van der Waals surface area contributed by atoms with Crippen molar-refractivity contribution in [2.24, 2.45) is 0 Å². The van der Waals surface area contributed by atoms with Crippen LogP contribution in [0.2, 0.25) is 0 Å². The quantitative estimate of drug-likeness (QED) is 0.668. The molecule has 1 N–H and O–H groups in total. The van der Waals surface area contributed by atoms with Crippen LogP contribution in [0.1, 0.15) is 44.9 Å². The van der Waals surface area contributed by atoms with Crippen molar-refractivity contribution in [3.63, 3.8) is 0 Å². The first-order valence-corrected chi connectivity index (χ1v) is 8.69. The first-order chi connectivity index (χ1) is 13.8. The van der Waals surface area contributed by atoms with Crippen molar-refractivity contribution in [3.05, 3.63) is 59.2 Å². The minimum atomic E-state index is -2.97. The Labute approximate surface area is 165 Å². The molecule has 29 heavy (non-hydrogen) atoms.